The molecule has 0 unspecified atom stereocenters. The Morgan fingerprint density at radius 2 is 0.904 bits per heavy atom. The van der Waals surface area contributed by atoms with Gasteiger partial charge in [0.2, 0.25) is 0 Å². The first-order chi connectivity index (χ1) is 24.0. The molecule has 0 aromatic heterocycles. The molecule has 0 aromatic carbocycles. The van der Waals surface area contributed by atoms with Crippen LogP contribution in [0.3, 0.4) is 0 Å². The van der Waals surface area contributed by atoms with Gasteiger partial charge in [0.1, 0.15) is 12.7 Å². The van der Waals surface area contributed by atoms with Gasteiger partial charge in [-0.2, -0.15) is 8.78 Å². The fraction of sp³-hybridized carbons (Fsp3) is 0.850. The van der Waals surface area contributed by atoms with Crippen LogP contribution >= 0.6 is 7.60 Å². The zero-order chi connectivity index (χ0) is 37.2. The molecule has 2 N–H and O–H groups in total. The molecule has 52 heavy (non-hydrogen) atoms. The summed E-state index contributed by atoms with van der Waals surface area (Å²) in [5.74, 6) is -1.36. The van der Waals surface area contributed by atoms with Crippen molar-refractivity contribution in [2.75, 3.05) is 6.61 Å². The molecule has 0 saturated heterocycles. The minimum atomic E-state index is -5.79. The van der Waals surface area contributed by atoms with Crippen molar-refractivity contribution in [3.63, 3.8) is 0 Å². The predicted octanol–water partition coefficient (Wildman–Crippen LogP) is 11.9. The van der Waals surface area contributed by atoms with Gasteiger partial charge >= 0.3 is 25.2 Å². The molecule has 0 aliphatic rings. The number of alkyl halides is 2. The van der Waals surface area contributed by atoms with Crippen molar-refractivity contribution in [1.82, 2.24) is 0 Å². The van der Waals surface area contributed by atoms with Crippen molar-refractivity contribution in [1.29, 1.82) is 0 Å². The van der Waals surface area contributed by atoms with Gasteiger partial charge in [0.25, 0.3) is 0 Å². The molecule has 0 saturated carbocycles. The van der Waals surface area contributed by atoms with Crippen molar-refractivity contribution < 1.29 is 42.2 Å². The number of halogens is 2. The minimum absolute atomic E-state index is 0. The van der Waals surface area contributed by atoms with Crippen LogP contribution in [-0.4, -0.2) is 99.2 Å². The van der Waals surface area contributed by atoms with E-state index in [9.17, 15) is 22.9 Å². The van der Waals surface area contributed by atoms with Crippen molar-refractivity contribution in [2.24, 2.45) is 0 Å². The molecule has 0 fully saturated rings. The van der Waals surface area contributed by atoms with E-state index in [2.05, 4.69) is 38.2 Å². The Morgan fingerprint density at radius 3 is 1.27 bits per heavy atom. The maximum Gasteiger partial charge on any atom is 0.394 e. The molecule has 0 spiro atoms. The molecule has 0 bridgehead atoms. The number of hydrogen-bond acceptors (Lipinski definition) is 5. The van der Waals surface area contributed by atoms with Crippen LogP contribution in [0.1, 0.15) is 200 Å². The second-order valence-electron chi connectivity index (χ2n) is 13.9. The second kappa shape index (κ2) is 39.7. The number of rotatable bonds is 36. The summed E-state index contributed by atoms with van der Waals surface area (Å²) in [6.45, 7) is 3.78. The van der Waals surface area contributed by atoms with E-state index in [1.54, 1.807) is 0 Å². The van der Waals surface area contributed by atoms with Crippen LogP contribution in [0.2, 0.25) is 0 Å². The van der Waals surface area contributed by atoms with Crippen LogP contribution in [0, 0.1) is 0 Å². The van der Waals surface area contributed by atoms with Crippen LogP contribution in [0.5, 0.6) is 0 Å². The first-order valence-corrected chi connectivity index (χ1v) is 21.7. The van der Waals surface area contributed by atoms with E-state index in [1.807, 2.05) is 0 Å². The molecule has 0 rings (SSSR count). The van der Waals surface area contributed by atoms with E-state index in [-0.39, 0.29) is 72.0 Å². The average Bonchev–Trinajstić information content (AvgIpc) is 3.06. The number of carbonyl (C=O) groups is 2. The van der Waals surface area contributed by atoms with Crippen LogP contribution in [0.4, 0.5) is 8.78 Å². The standard InChI is InChI=1S/C40H73F2O7P.2Na/c1-3-5-7-9-11-13-15-17-19-21-23-25-27-29-31-33-38(43)48-36-37(35-40(41,42)50(45,46)47)49-39(44)34-32-30-28-26-24-22-20-18-16-14-12-10-8-6-4-2;;/h17-20,37H,3-16,21-36H2,1-2H3,(H2,45,46,47);;/b19-17-,20-18-;;/t37-;;/m0../s1. The number of hydrogen-bond donors (Lipinski definition) is 2. The van der Waals surface area contributed by atoms with E-state index in [0.29, 0.717) is 12.8 Å². The zero-order valence-electron chi connectivity index (χ0n) is 33.7. The Hall–Kier alpha value is 0.430. The topological polar surface area (TPSA) is 110 Å². The van der Waals surface area contributed by atoms with Gasteiger partial charge in [0.15, 0.2) is 0 Å². The fourth-order valence-electron chi connectivity index (χ4n) is 5.71. The molecule has 2 radical (unpaired) electrons. The van der Waals surface area contributed by atoms with E-state index < -0.39 is 44.3 Å². The van der Waals surface area contributed by atoms with Gasteiger partial charge in [-0.3, -0.25) is 14.2 Å². The normalized spacial score (nSPS) is 12.5. The third-order valence-electron chi connectivity index (χ3n) is 8.91. The molecular weight excluding hydrogens is 707 g/mol. The summed E-state index contributed by atoms with van der Waals surface area (Å²) in [4.78, 5) is 42.8. The maximum absolute atomic E-state index is 14.2. The van der Waals surface area contributed by atoms with Crippen molar-refractivity contribution in [3.8, 4) is 0 Å². The van der Waals surface area contributed by atoms with E-state index in [0.717, 1.165) is 77.0 Å². The van der Waals surface area contributed by atoms with E-state index in [4.69, 9.17) is 19.3 Å². The Balaban J connectivity index is -0.0000120. The number of esters is 2. The van der Waals surface area contributed by atoms with Crippen molar-refractivity contribution >= 4 is 78.6 Å². The third kappa shape index (κ3) is 37.4. The predicted molar refractivity (Wildman–Crippen MR) is 213 cm³/mol. The summed E-state index contributed by atoms with van der Waals surface area (Å²) >= 11 is 0. The molecular formula is C40H73F2Na2O7P. The summed E-state index contributed by atoms with van der Waals surface area (Å²) in [6.07, 6.45) is 34.9. The van der Waals surface area contributed by atoms with Gasteiger partial charge in [0.05, 0.1) is 6.42 Å². The maximum atomic E-state index is 14.2. The van der Waals surface area contributed by atoms with Crippen molar-refractivity contribution in [3.05, 3.63) is 24.3 Å². The molecule has 0 aliphatic heterocycles. The Morgan fingerprint density at radius 1 is 0.577 bits per heavy atom. The van der Waals surface area contributed by atoms with Crippen molar-refractivity contribution in [2.45, 2.75) is 212 Å². The zero-order valence-corrected chi connectivity index (χ0v) is 38.6. The Labute approximate surface area is 360 Å². The Kier molecular flexibility index (Phi) is 43.3. The smallest absolute Gasteiger partial charge is 0.394 e. The molecule has 7 nitrogen and oxygen atoms in total. The largest absolute Gasteiger partial charge is 0.462 e. The first kappa shape index (κ1) is 56.8. The van der Waals surface area contributed by atoms with Gasteiger partial charge < -0.3 is 19.3 Å². The summed E-state index contributed by atoms with van der Waals surface area (Å²) in [5.41, 5.74) is -4.41. The number of carbonyl (C=O) groups excluding carboxylic acids is 2. The van der Waals surface area contributed by atoms with Gasteiger partial charge in [-0.05, 0) is 64.2 Å². The molecule has 0 aromatic rings. The Bertz CT molecular complexity index is 932. The van der Waals surface area contributed by atoms with E-state index in [1.165, 1.54) is 77.0 Å². The van der Waals surface area contributed by atoms with Gasteiger partial charge in [-0.25, -0.2) is 0 Å². The summed E-state index contributed by atoms with van der Waals surface area (Å²) in [5, 5.41) is 0. The van der Waals surface area contributed by atoms with Gasteiger partial charge in [-0.15, -0.1) is 0 Å². The molecule has 0 aliphatic carbocycles. The molecule has 296 valence electrons. The second-order valence-corrected chi connectivity index (χ2v) is 15.6. The van der Waals surface area contributed by atoms with Crippen LogP contribution < -0.4 is 0 Å². The average molecular weight is 781 g/mol. The molecule has 12 heteroatoms. The summed E-state index contributed by atoms with van der Waals surface area (Å²) < 4.78 is 49.8. The van der Waals surface area contributed by atoms with Crippen LogP contribution in [0.15, 0.2) is 24.3 Å². The number of allylic oxidation sites excluding steroid dienone is 4. The van der Waals surface area contributed by atoms with Crippen LogP contribution in [0.25, 0.3) is 0 Å². The minimum Gasteiger partial charge on any atom is -0.462 e. The number of ether oxygens (including phenoxy) is 2. The first-order valence-electron chi connectivity index (χ1n) is 20.1. The van der Waals surface area contributed by atoms with Crippen LogP contribution in [-0.2, 0) is 23.6 Å². The summed E-state index contributed by atoms with van der Waals surface area (Å²) in [6, 6.07) is 0. The SMILES string of the molecule is CCCCCCCC/C=C\CCCCCCCC(=O)OC[C@H](CC(F)(F)P(=O)(O)O)OC(=O)CCCCCCC/C=C\CCCCCCCC.[Na].[Na]. The van der Waals surface area contributed by atoms with Gasteiger partial charge in [-0.1, -0.05) is 141 Å². The molecule has 1 atom stereocenters. The molecule has 0 amide bonds. The summed E-state index contributed by atoms with van der Waals surface area (Å²) in [7, 11) is -5.79. The fourth-order valence-corrected chi connectivity index (χ4v) is 6.15. The van der Waals surface area contributed by atoms with Gasteiger partial charge in [0, 0.05) is 72.0 Å². The molecule has 0 heterocycles. The monoisotopic (exact) mass is 780 g/mol. The van der Waals surface area contributed by atoms with E-state index >= 15 is 0 Å². The number of unbranched alkanes of at least 4 members (excludes halogenated alkanes) is 22. The third-order valence-corrected chi connectivity index (χ3v) is 9.95. The quantitative estimate of drug-likeness (QED) is 0.0214.